The van der Waals surface area contributed by atoms with Crippen molar-refractivity contribution in [1.29, 1.82) is 0 Å². The van der Waals surface area contributed by atoms with E-state index in [1.54, 1.807) is 6.07 Å². The lowest BCUT2D eigenvalue weighted by atomic mass is 10.1. The molecule has 0 spiro atoms. The van der Waals surface area contributed by atoms with E-state index in [0.717, 1.165) is 24.3 Å². The molecule has 4 heteroatoms. The normalized spacial score (nSPS) is 15.1. The lowest BCUT2D eigenvalue weighted by molar-refractivity contribution is 0.0747. The van der Waals surface area contributed by atoms with Gasteiger partial charge < -0.3 is 9.80 Å². The van der Waals surface area contributed by atoms with Gasteiger partial charge in [0, 0.05) is 37.4 Å². The lowest BCUT2D eigenvalue weighted by Crippen LogP contribution is -2.48. The van der Waals surface area contributed by atoms with Crippen molar-refractivity contribution in [3.05, 3.63) is 66.0 Å². The molecule has 0 bridgehead atoms. The van der Waals surface area contributed by atoms with Crippen LogP contribution in [0.3, 0.4) is 0 Å². The SMILES string of the molecule is O=C(c1ccccc1)N1CCN(c2cccc(F)c2)CC1. The fraction of sp³-hybridized carbons (Fsp3) is 0.235. The summed E-state index contributed by atoms with van der Waals surface area (Å²) in [5, 5.41) is 0. The van der Waals surface area contributed by atoms with Gasteiger partial charge in [-0.1, -0.05) is 24.3 Å². The van der Waals surface area contributed by atoms with E-state index in [2.05, 4.69) is 4.90 Å². The summed E-state index contributed by atoms with van der Waals surface area (Å²) in [4.78, 5) is 16.3. The predicted molar refractivity (Wildman–Crippen MR) is 81.0 cm³/mol. The van der Waals surface area contributed by atoms with Gasteiger partial charge in [-0.25, -0.2) is 4.39 Å². The fourth-order valence-electron chi connectivity index (χ4n) is 2.60. The van der Waals surface area contributed by atoms with Crippen LogP contribution in [-0.2, 0) is 0 Å². The van der Waals surface area contributed by atoms with E-state index < -0.39 is 0 Å². The zero-order valence-electron chi connectivity index (χ0n) is 11.7. The van der Waals surface area contributed by atoms with Crippen molar-refractivity contribution in [2.75, 3.05) is 31.1 Å². The van der Waals surface area contributed by atoms with Gasteiger partial charge in [-0.2, -0.15) is 0 Å². The van der Waals surface area contributed by atoms with Gasteiger partial charge in [-0.05, 0) is 30.3 Å². The van der Waals surface area contributed by atoms with Crippen LogP contribution in [0.25, 0.3) is 0 Å². The molecule has 1 fully saturated rings. The maximum Gasteiger partial charge on any atom is 0.253 e. The number of hydrogen-bond acceptors (Lipinski definition) is 2. The fourth-order valence-corrected chi connectivity index (χ4v) is 2.60. The number of nitrogens with zero attached hydrogens (tertiary/aromatic N) is 2. The zero-order valence-corrected chi connectivity index (χ0v) is 11.7. The topological polar surface area (TPSA) is 23.6 Å². The average Bonchev–Trinajstić information content (AvgIpc) is 2.55. The molecule has 2 aromatic carbocycles. The number of carbonyl (C=O) groups is 1. The lowest BCUT2D eigenvalue weighted by Gasteiger charge is -2.36. The molecule has 0 aliphatic carbocycles. The van der Waals surface area contributed by atoms with Crippen LogP contribution >= 0.6 is 0 Å². The molecule has 0 N–H and O–H groups in total. The van der Waals surface area contributed by atoms with Gasteiger partial charge in [0.15, 0.2) is 0 Å². The van der Waals surface area contributed by atoms with Gasteiger partial charge in [0.1, 0.15) is 5.82 Å². The predicted octanol–water partition coefficient (Wildman–Crippen LogP) is 2.79. The van der Waals surface area contributed by atoms with Gasteiger partial charge >= 0.3 is 0 Å². The molecular formula is C17H17FN2O. The third kappa shape index (κ3) is 3.05. The second-order valence-corrected chi connectivity index (χ2v) is 5.13. The van der Waals surface area contributed by atoms with Gasteiger partial charge in [0.05, 0.1) is 0 Å². The molecule has 0 atom stereocenters. The van der Waals surface area contributed by atoms with E-state index in [9.17, 15) is 9.18 Å². The Morgan fingerprint density at radius 1 is 0.905 bits per heavy atom. The monoisotopic (exact) mass is 284 g/mol. The van der Waals surface area contributed by atoms with Crippen LogP contribution in [0.2, 0.25) is 0 Å². The van der Waals surface area contributed by atoms with Crippen LogP contribution < -0.4 is 4.90 Å². The second kappa shape index (κ2) is 5.95. The molecule has 2 aromatic rings. The molecule has 3 rings (SSSR count). The minimum absolute atomic E-state index is 0.0643. The molecule has 0 unspecified atom stereocenters. The Labute approximate surface area is 123 Å². The molecular weight excluding hydrogens is 267 g/mol. The summed E-state index contributed by atoms with van der Waals surface area (Å²) in [5.74, 6) is -0.162. The molecule has 0 aromatic heterocycles. The molecule has 0 radical (unpaired) electrons. The van der Waals surface area contributed by atoms with Crippen LogP contribution in [0.5, 0.6) is 0 Å². The third-order valence-corrected chi connectivity index (χ3v) is 3.76. The molecule has 1 aliphatic rings. The first-order valence-electron chi connectivity index (χ1n) is 7.09. The van der Waals surface area contributed by atoms with Crippen molar-refractivity contribution < 1.29 is 9.18 Å². The molecule has 0 saturated carbocycles. The summed E-state index contributed by atoms with van der Waals surface area (Å²) >= 11 is 0. The summed E-state index contributed by atoms with van der Waals surface area (Å²) in [5.41, 5.74) is 1.60. The first-order valence-corrected chi connectivity index (χ1v) is 7.09. The highest BCUT2D eigenvalue weighted by Gasteiger charge is 2.22. The van der Waals surface area contributed by atoms with E-state index >= 15 is 0 Å². The molecule has 1 heterocycles. The Hall–Kier alpha value is -2.36. The van der Waals surface area contributed by atoms with Crippen LogP contribution in [0.1, 0.15) is 10.4 Å². The highest BCUT2D eigenvalue weighted by molar-refractivity contribution is 5.94. The largest absolute Gasteiger partial charge is 0.368 e. The first kappa shape index (κ1) is 13.6. The highest BCUT2D eigenvalue weighted by atomic mass is 19.1. The average molecular weight is 284 g/mol. The number of benzene rings is 2. The summed E-state index contributed by atoms with van der Waals surface area (Å²) < 4.78 is 13.3. The number of halogens is 1. The van der Waals surface area contributed by atoms with E-state index in [1.807, 2.05) is 41.3 Å². The maximum atomic E-state index is 13.3. The Morgan fingerprint density at radius 3 is 2.29 bits per heavy atom. The maximum absolute atomic E-state index is 13.3. The smallest absolute Gasteiger partial charge is 0.253 e. The summed E-state index contributed by atoms with van der Waals surface area (Å²) in [6, 6.07) is 15.9. The second-order valence-electron chi connectivity index (χ2n) is 5.13. The van der Waals surface area contributed by atoms with E-state index in [-0.39, 0.29) is 11.7 Å². The molecule has 21 heavy (non-hydrogen) atoms. The zero-order chi connectivity index (χ0) is 14.7. The van der Waals surface area contributed by atoms with E-state index in [4.69, 9.17) is 0 Å². The highest BCUT2D eigenvalue weighted by Crippen LogP contribution is 2.18. The van der Waals surface area contributed by atoms with Gasteiger partial charge in [-0.3, -0.25) is 4.79 Å². The van der Waals surface area contributed by atoms with E-state index in [1.165, 1.54) is 12.1 Å². The van der Waals surface area contributed by atoms with Crippen LogP contribution in [0, 0.1) is 5.82 Å². The van der Waals surface area contributed by atoms with Gasteiger partial charge in [-0.15, -0.1) is 0 Å². The van der Waals surface area contributed by atoms with Crippen molar-refractivity contribution in [2.24, 2.45) is 0 Å². The quantitative estimate of drug-likeness (QED) is 0.846. The van der Waals surface area contributed by atoms with Crippen molar-refractivity contribution in [3.8, 4) is 0 Å². The summed E-state index contributed by atoms with van der Waals surface area (Å²) in [6.45, 7) is 2.76. The Kier molecular flexibility index (Phi) is 3.86. The van der Waals surface area contributed by atoms with Crippen molar-refractivity contribution in [3.63, 3.8) is 0 Å². The standard InChI is InChI=1S/C17H17FN2O/c18-15-7-4-8-16(13-15)19-9-11-20(12-10-19)17(21)14-5-2-1-3-6-14/h1-8,13H,9-12H2. The van der Waals surface area contributed by atoms with Crippen LogP contribution in [0.4, 0.5) is 10.1 Å². The third-order valence-electron chi connectivity index (χ3n) is 3.76. The van der Waals surface area contributed by atoms with Crippen molar-refractivity contribution in [2.45, 2.75) is 0 Å². The Morgan fingerprint density at radius 2 is 1.62 bits per heavy atom. The molecule has 108 valence electrons. The summed E-state index contributed by atoms with van der Waals surface area (Å²) in [6.07, 6.45) is 0. The van der Waals surface area contributed by atoms with E-state index in [0.29, 0.717) is 13.1 Å². The number of carbonyl (C=O) groups excluding carboxylic acids is 1. The first-order chi connectivity index (χ1) is 10.2. The minimum Gasteiger partial charge on any atom is -0.368 e. The summed E-state index contributed by atoms with van der Waals surface area (Å²) in [7, 11) is 0. The van der Waals surface area contributed by atoms with Gasteiger partial charge in [0.2, 0.25) is 0 Å². The molecule has 3 nitrogen and oxygen atoms in total. The number of piperazine rings is 1. The van der Waals surface area contributed by atoms with Crippen molar-refractivity contribution >= 4 is 11.6 Å². The number of anilines is 1. The van der Waals surface area contributed by atoms with Crippen LogP contribution in [-0.4, -0.2) is 37.0 Å². The molecule has 1 aliphatic heterocycles. The van der Waals surface area contributed by atoms with Gasteiger partial charge in [0.25, 0.3) is 5.91 Å². The Balaban J connectivity index is 1.64. The minimum atomic E-state index is -0.227. The Bertz CT molecular complexity index is 622. The number of rotatable bonds is 2. The molecule has 1 amide bonds. The molecule has 1 saturated heterocycles. The number of amides is 1. The van der Waals surface area contributed by atoms with Crippen molar-refractivity contribution in [1.82, 2.24) is 4.90 Å². The van der Waals surface area contributed by atoms with Crippen LogP contribution in [0.15, 0.2) is 54.6 Å². The number of hydrogen-bond donors (Lipinski definition) is 0.